The van der Waals surface area contributed by atoms with Gasteiger partial charge in [0.2, 0.25) is 23.6 Å². The maximum atomic E-state index is 12.8. The number of nitrogens with one attached hydrogen (secondary N) is 3. The molecule has 2 aromatic rings. The minimum absolute atomic E-state index is 0.112. The number of amidine groups is 1. The molecular formula is C26H27N5O8. The Labute approximate surface area is 222 Å². The van der Waals surface area contributed by atoms with Crippen LogP contribution in [0, 0.1) is 11.3 Å². The lowest BCUT2D eigenvalue weighted by molar-refractivity contribution is -0.146. The van der Waals surface area contributed by atoms with Crippen molar-refractivity contribution in [3.63, 3.8) is 0 Å². The fraction of sp³-hybridized carbons (Fsp3) is 0.269. The minimum Gasteiger partial charge on any atom is -0.481 e. The van der Waals surface area contributed by atoms with Crippen molar-refractivity contribution >= 4 is 41.4 Å². The maximum absolute atomic E-state index is 12.8. The van der Waals surface area contributed by atoms with E-state index in [9.17, 15) is 39.0 Å². The molecule has 1 aliphatic heterocycles. The SMILES string of the molecule is N=C(N)c1ccc(CC2CC(=O)N(CC(=O)N[C@@H](CC(=O)O)C(=O)N[C@H](C(=O)O)c3ccccc3)C2=O)cc1. The fourth-order valence-electron chi connectivity index (χ4n) is 4.13. The van der Waals surface area contributed by atoms with Crippen molar-refractivity contribution < 1.29 is 39.0 Å². The van der Waals surface area contributed by atoms with E-state index in [-0.39, 0.29) is 24.2 Å². The van der Waals surface area contributed by atoms with Crippen LogP contribution in [0.1, 0.15) is 35.6 Å². The number of carbonyl (C=O) groups excluding carboxylic acids is 4. The molecule has 3 atom stereocenters. The van der Waals surface area contributed by atoms with E-state index in [1.54, 1.807) is 42.5 Å². The van der Waals surface area contributed by atoms with Crippen molar-refractivity contribution in [2.45, 2.75) is 31.3 Å². The maximum Gasteiger partial charge on any atom is 0.330 e. The second-order valence-electron chi connectivity index (χ2n) is 8.94. The zero-order chi connectivity index (χ0) is 28.7. The van der Waals surface area contributed by atoms with Crippen LogP contribution in [-0.2, 0) is 35.2 Å². The largest absolute Gasteiger partial charge is 0.481 e. The quantitative estimate of drug-likeness (QED) is 0.120. The number of nitrogen functional groups attached to an aromatic ring is 1. The molecule has 1 aliphatic rings. The number of carboxylic acid groups (broad SMARTS) is 2. The van der Waals surface area contributed by atoms with Gasteiger partial charge >= 0.3 is 11.9 Å². The summed E-state index contributed by atoms with van der Waals surface area (Å²) in [6, 6.07) is 11.1. The van der Waals surface area contributed by atoms with Crippen LogP contribution in [0.4, 0.5) is 0 Å². The van der Waals surface area contributed by atoms with Crippen molar-refractivity contribution in [3.05, 3.63) is 71.3 Å². The molecule has 0 radical (unpaired) electrons. The van der Waals surface area contributed by atoms with Gasteiger partial charge in [-0.25, -0.2) is 4.79 Å². The van der Waals surface area contributed by atoms with Gasteiger partial charge in [-0.1, -0.05) is 54.6 Å². The van der Waals surface area contributed by atoms with Crippen LogP contribution in [0.5, 0.6) is 0 Å². The van der Waals surface area contributed by atoms with E-state index in [1.807, 2.05) is 0 Å². The smallest absolute Gasteiger partial charge is 0.330 e. The Morgan fingerprint density at radius 2 is 1.64 bits per heavy atom. The molecule has 1 heterocycles. The molecule has 13 nitrogen and oxygen atoms in total. The summed E-state index contributed by atoms with van der Waals surface area (Å²) in [5.74, 6) is -6.90. The number of hydrogen-bond donors (Lipinski definition) is 6. The van der Waals surface area contributed by atoms with E-state index < -0.39 is 66.5 Å². The third-order valence-corrected chi connectivity index (χ3v) is 6.08. The Kier molecular flexibility index (Phi) is 9.10. The summed E-state index contributed by atoms with van der Waals surface area (Å²) < 4.78 is 0. The van der Waals surface area contributed by atoms with E-state index in [0.29, 0.717) is 5.56 Å². The summed E-state index contributed by atoms with van der Waals surface area (Å²) in [6.45, 7) is -0.734. The summed E-state index contributed by atoms with van der Waals surface area (Å²) >= 11 is 0. The molecule has 1 fully saturated rings. The highest BCUT2D eigenvalue weighted by Crippen LogP contribution is 2.24. The molecule has 204 valence electrons. The number of carbonyl (C=O) groups is 6. The van der Waals surface area contributed by atoms with Crippen LogP contribution >= 0.6 is 0 Å². The predicted octanol–water partition coefficient (Wildman–Crippen LogP) is -0.210. The van der Waals surface area contributed by atoms with Crippen molar-refractivity contribution in [3.8, 4) is 0 Å². The lowest BCUT2D eigenvalue weighted by atomic mass is 9.97. The number of benzene rings is 2. The van der Waals surface area contributed by atoms with Gasteiger partial charge in [-0.15, -0.1) is 0 Å². The molecule has 0 aromatic heterocycles. The molecule has 13 heteroatoms. The number of hydrogen-bond acceptors (Lipinski definition) is 7. The van der Waals surface area contributed by atoms with Crippen molar-refractivity contribution in [2.24, 2.45) is 11.7 Å². The monoisotopic (exact) mass is 537 g/mol. The molecule has 0 aliphatic carbocycles. The van der Waals surface area contributed by atoms with Gasteiger partial charge in [0.15, 0.2) is 6.04 Å². The van der Waals surface area contributed by atoms with E-state index in [1.165, 1.54) is 12.1 Å². The molecule has 4 amide bonds. The highest BCUT2D eigenvalue weighted by molar-refractivity contribution is 6.06. The number of likely N-dealkylation sites (tertiary alicyclic amines) is 1. The Morgan fingerprint density at radius 3 is 2.21 bits per heavy atom. The summed E-state index contributed by atoms with van der Waals surface area (Å²) in [4.78, 5) is 74.5. The third kappa shape index (κ3) is 7.47. The Balaban J connectivity index is 1.64. The second-order valence-corrected chi connectivity index (χ2v) is 8.94. The lowest BCUT2D eigenvalue weighted by Crippen LogP contribution is -2.52. The van der Waals surface area contributed by atoms with Gasteiger partial charge in [-0.2, -0.15) is 0 Å². The Morgan fingerprint density at radius 1 is 1.00 bits per heavy atom. The third-order valence-electron chi connectivity index (χ3n) is 6.08. The lowest BCUT2D eigenvalue weighted by Gasteiger charge is -2.22. The summed E-state index contributed by atoms with van der Waals surface area (Å²) in [7, 11) is 0. The molecule has 3 rings (SSSR count). The fourth-order valence-corrected chi connectivity index (χ4v) is 4.13. The molecule has 39 heavy (non-hydrogen) atoms. The van der Waals surface area contributed by atoms with Crippen LogP contribution < -0.4 is 16.4 Å². The van der Waals surface area contributed by atoms with Gasteiger partial charge in [-0.05, 0) is 17.5 Å². The van der Waals surface area contributed by atoms with Gasteiger partial charge < -0.3 is 26.6 Å². The van der Waals surface area contributed by atoms with Gasteiger partial charge in [0.25, 0.3) is 0 Å². The highest BCUT2D eigenvalue weighted by Gasteiger charge is 2.40. The molecular weight excluding hydrogens is 510 g/mol. The van der Waals surface area contributed by atoms with E-state index in [4.69, 9.17) is 11.1 Å². The van der Waals surface area contributed by atoms with Gasteiger partial charge in [-0.3, -0.25) is 34.3 Å². The van der Waals surface area contributed by atoms with E-state index in [2.05, 4.69) is 10.6 Å². The molecule has 1 unspecified atom stereocenters. The molecule has 0 saturated carbocycles. The van der Waals surface area contributed by atoms with Gasteiger partial charge in [0.1, 0.15) is 18.4 Å². The number of amides is 4. The Bertz CT molecular complexity index is 1300. The van der Waals surface area contributed by atoms with Crippen molar-refractivity contribution in [2.75, 3.05) is 6.54 Å². The molecule has 7 N–H and O–H groups in total. The average Bonchev–Trinajstić information content (AvgIpc) is 3.14. The van der Waals surface area contributed by atoms with Crippen molar-refractivity contribution in [1.82, 2.24) is 15.5 Å². The first-order valence-corrected chi connectivity index (χ1v) is 11.8. The summed E-state index contributed by atoms with van der Waals surface area (Å²) in [5.41, 5.74) is 6.89. The van der Waals surface area contributed by atoms with Crippen LogP contribution in [-0.4, -0.2) is 69.1 Å². The number of imide groups is 1. The van der Waals surface area contributed by atoms with Crippen LogP contribution in [0.2, 0.25) is 0 Å². The predicted molar refractivity (Wildman–Crippen MR) is 135 cm³/mol. The first-order valence-electron chi connectivity index (χ1n) is 11.8. The van der Waals surface area contributed by atoms with Crippen LogP contribution in [0.3, 0.4) is 0 Å². The van der Waals surface area contributed by atoms with E-state index >= 15 is 0 Å². The first kappa shape index (κ1) is 28.5. The van der Waals surface area contributed by atoms with Crippen LogP contribution in [0.25, 0.3) is 0 Å². The summed E-state index contributed by atoms with van der Waals surface area (Å²) in [5, 5.41) is 30.6. The number of carboxylic acids is 2. The van der Waals surface area contributed by atoms with Gasteiger partial charge in [0, 0.05) is 12.0 Å². The standard InChI is InChI=1S/C26H27N5O8/c27-23(28)16-8-6-14(7-9-16)10-17-11-20(33)31(25(17)37)13-19(32)29-18(12-21(34)35)24(36)30-22(26(38)39)15-4-2-1-3-5-15/h1-9,17-18,22H,10-13H2,(H3,27,28)(H,29,32)(H,30,36)(H,34,35)(H,38,39)/t17?,18-,22-/m0/s1. The zero-order valence-electron chi connectivity index (χ0n) is 20.6. The normalized spacial score (nSPS) is 16.3. The molecule has 0 bridgehead atoms. The van der Waals surface area contributed by atoms with Crippen LogP contribution in [0.15, 0.2) is 54.6 Å². The average molecular weight is 538 g/mol. The Hall–Kier alpha value is -5.07. The number of aliphatic carboxylic acids is 2. The minimum atomic E-state index is -1.66. The van der Waals surface area contributed by atoms with Gasteiger partial charge in [0.05, 0.1) is 12.3 Å². The number of nitrogens with zero attached hydrogens (tertiary/aromatic N) is 1. The molecule has 0 spiro atoms. The first-order chi connectivity index (χ1) is 18.5. The van der Waals surface area contributed by atoms with E-state index in [0.717, 1.165) is 10.5 Å². The van der Waals surface area contributed by atoms with Crippen molar-refractivity contribution in [1.29, 1.82) is 5.41 Å². The topological polar surface area (TPSA) is 220 Å². The zero-order valence-corrected chi connectivity index (χ0v) is 20.6. The second kappa shape index (κ2) is 12.4. The number of nitrogens with two attached hydrogens (primary N) is 1. The number of rotatable bonds is 12. The summed E-state index contributed by atoms with van der Waals surface area (Å²) in [6.07, 6.45) is -0.794. The molecule has 1 saturated heterocycles. The highest BCUT2D eigenvalue weighted by atomic mass is 16.4. The molecule has 2 aromatic carbocycles.